The van der Waals surface area contributed by atoms with Gasteiger partial charge in [-0.25, -0.2) is 0 Å². The summed E-state index contributed by atoms with van der Waals surface area (Å²) in [5.41, 5.74) is 2.45. The molecule has 1 aromatic heterocycles. The Bertz CT molecular complexity index is 1150. The summed E-state index contributed by atoms with van der Waals surface area (Å²) in [4.78, 5) is 29.3. The molecule has 0 atom stereocenters. The highest BCUT2D eigenvalue weighted by Crippen LogP contribution is 2.28. The van der Waals surface area contributed by atoms with Crippen molar-refractivity contribution in [3.8, 4) is 28.5 Å². The Balaban J connectivity index is 1.39. The van der Waals surface area contributed by atoms with Crippen molar-refractivity contribution in [1.29, 1.82) is 0 Å². The van der Waals surface area contributed by atoms with E-state index in [4.69, 9.17) is 14.2 Å². The Morgan fingerprint density at radius 1 is 0.818 bits per heavy atom. The third-order valence-corrected chi connectivity index (χ3v) is 5.66. The lowest BCUT2D eigenvalue weighted by Gasteiger charge is -2.34. The number of hydrogen-bond donors (Lipinski definition) is 1. The van der Waals surface area contributed by atoms with Crippen LogP contribution in [0.3, 0.4) is 0 Å². The number of nitrogens with zero attached hydrogens (tertiary/aromatic N) is 3. The van der Waals surface area contributed by atoms with Crippen LogP contribution in [-0.2, 0) is 0 Å². The number of methoxy groups -OCH3 is 3. The number of aromatic amines is 1. The molecule has 1 fully saturated rings. The maximum Gasteiger partial charge on any atom is 0.272 e. The van der Waals surface area contributed by atoms with Gasteiger partial charge in [-0.15, -0.1) is 0 Å². The van der Waals surface area contributed by atoms with Gasteiger partial charge in [0.1, 0.15) is 11.4 Å². The lowest BCUT2D eigenvalue weighted by molar-refractivity contribution is 0.0532. The first-order valence-corrected chi connectivity index (χ1v) is 10.5. The molecule has 0 saturated carbocycles. The third-order valence-electron chi connectivity index (χ3n) is 5.66. The van der Waals surface area contributed by atoms with Crippen LogP contribution in [-0.4, -0.2) is 79.3 Å². The van der Waals surface area contributed by atoms with E-state index < -0.39 is 0 Å². The summed E-state index contributed by atoms with van der Waals surface area (Å²) >= 11 is 0. The van der Waals surface area contributed by atoms with E-state index in [1.165, 1.54) is 7.11 Å². The van der Waals surface area contributed by atoms with Crippen LogP contribution in [0, 0.1) is 0 Å². The van der Waals surface area contributed by atoms with E-state index in [1.54, 1.807) is 48.3 Å². The van der Waals surface area contributed by atoms with Crippen molar-refractivity contribution in [1.82, 2.24) is 20.0 Å². The average Bonchev–Trinajstić information content (AvgIpc) is 3.38. The van der Waals surface area contributed by atoms with Crippen LogP contribution in [0.15, 0.2) is 48.5 Å². The van der Waals surface area contributed by atoms with E-state index in [-0.39, 0.29) is 11.8 Å². The summed E-state index contributed by atoms with van der Waals surface area (Å²) < 4.78 is 15.8. The van der Waals surface area contributed by atoms with Gasteiger partial charge in [0.15, 0.2) is 11.5 Å². The summed E-state index contributed by atoms with van der Waals surface area (Å²) in [6.07, 6.45) is 0. The van der Waals surface area contributed by atoms with Crippen LogP contribution in [0.25, 0.3) is 11.3 Å². The molecule has 1 N–H and O–H groups in total. The maximum atomic E-state index is 13.0. The molecule has 9 nitrogen and oxygen atoms in total. The fourth-order valence-corrected chi connectivity index (χ4v) is 3.80. The largest absolute Gasteiger partial charge is 0.497 e. The monoisotopic (exact) mass is 450 g/mol. The highest BCUT2D eigenvalue weighted by atomic mass is 16.5. The highest BCUT2D eigenvalue weighted by molar-refractivity contribution is 5.96. The zero-order chi connectivity index (χ0) is 23.4. The van der Waals surface area contributed by atoms with Crippen LogP contribution in [0.4, 0.5) is 0 Å². The number of benzene rings is 2. The molecular weight excluding hydrogens is 424 g/mol. The summed E-state index contributed by atoms with van der Waals surface area (Å²) in [5, 5.41) is 7.11. The molecule has 3 aromatic rings. The summed E-state index contributed by atoms with van der Waals surface area (Å²) in [5.74, 6) is 1.54. The van der Waals surface area contributed by atoms with E-state index in [9.17, 15) is 9.59 Å². The van der Waals surface area contributed by atoms with Crippen molar-refractivity contribution in [2.24, 2.45) is 0 Å². The summed E-state index contributed by atoms with van der Waals surface area (Å²) in [6, 6.07) is 14.3. The van der Waals surface area contributed by atoms with Crippen molar-refractivity contribution in [3.05, 3.63) is 59.8 Å². The predicted octanol–water partition coefficient (Wildman–Crippen LogP) is 2.70. The molecule has 4 rings (SSSR count). The molecule has 2 aromatic carbocycles. The minimum Gasteiger partial charge on any atom is -0.497 e. The Hall–Kier alpha value is -4.01. The molecule has 2 heterocycles. The molecule has 1 aliphatic rings. The fourth-order valence-electron chi connectivity index (χ4n) is 3.80. The molecule has 0 unspecified atom stereocenters. The fraction of sp³-hybridized carbons (Fsp3) is 0.292. The smallest absolute Gasteiger partial charge is 0.272 e. The molecule has 172 valence electrons. The van der Waals surface area contributed by atoms with E-state index in [0.29, 0.717) is 54.6 Å². The van der Waals surface area contributed by atoms with Gasteiger partial charge < -0.3 is 24.0 Å². The first kappa shape index (κ1) is 22.2. The first-order chi connectivity index (χ1) is 16.0. The van der Waals surface area contributed by atoms with Crippen LogP contribution in [0.5, 0.6) is 17.2 Å². The number of carbonyl (C=O) groups excluding carboxylic acids is 2. The number of nitrogens with one attached hydrogen (secondary N) is 1. The van der Waals surface area contributed by atoms with Gasteiger partial charge >= 0.3 is 0 Å². The number of hydrogen-bond acceptors (Lipinski definition) is 6. The second-order valence-corrected chi connectivity index (χ2v) is 7.55. The van der Waals surface area contributed by atoms with Crippen LogP contribution in [0.1, 0.15) is 20.8 Å². The van der Waals surface area contributed by atoms with Gasteiger partial charge in [0.2, 0.25) is 0 Å². The zero-order valence-corrected chi connectivity index (χ0v) is 18.8. The molecule has 0 spiro atoms. The van der Waals surface area contributed by atoms with E-state index >= 15 is 0 Å². The van der Waals surface area contributed by atoms with Crippen molar-refractivity contribution in [2.75, 3.05) is 47.5 Å². The van der Waals surface area contributed by atoms with Gasteiger partial charge in [-0.3, -0.25) is 14.7 Å². The molecule has 1 saturated heterocycles. The molecular formula is C24H26N4O5. The van der Waals surface area contributed by atoms with Crippen molar-refractivity contribution in [2.45, 2.75) is 0 Å². The standard InChI is InChI=1S/C24H26N4O5/c1-31-18-6-4-5-16(13-18)19-15-20(26-25-19)24(30)28-11-9-27(10-12-28)23(29)17-7-8-21(32-2)22(14-17)33-3/h4-8,13-15H,9-12H2,1-3H3,(H,25,26). The number of rotatable bonds is 6. The number of aromatic nitrogens is 2. The molecule has 0 bridgehead atoms. The SMILES string of the molecule is COc1cccc(-c2cc(C(=O)N3CCN(C(=O)c4ccc(OC)c(OC)c4)CC3)[nH]n2)c1. The molecule has 1 aliphatic heterocycles. The number of H-pyrrole nitrogens is 1. The minimum absolute atomic E-state index is 0.107. The number of amides is 2. The highest BCUT2D eigenvalue weighted by Gasteiger charge is 2.27. The quantitative estimate of drug-likeness (QED) is 0.620. The van der Waals surface area contributed by atoms with Gasteiger partial charge in [-0.2, -0.15) is 5.10 Å². The van der Waals surface area contributed by atoms with Gasteiger partial charge in [0, 0.05) is 37.3 Å². The van der Waals surface area contributed by atoms with Crippen LogP contribution < -0.4 is 14.2 Å². The number of piperazine rings is 1. The summed E-state index contributed by atoms with van der Waals surface area (Å²) in [7, 11) is 4.69. The minimum atomic E-state index is -0.144. The van der Waals surface area contributed by atoms with Crippen LogP contribution >= 0.6 is 0 Å². The lowest BCUT2D eigenvalue weighted by Crippen LogP contribution is -2.50. The van der Waals surface area contributed by atoms with Crippen molar-refractivity contribution >= 4 is 11.8 Å². The molecule has 2 amide bonds. The van der Waals surface area contributed by atoms with Crippen molar-refractivity contribution in [3.63, 3.8) is 0 Å². The topological polar surface area (TPSA) is 97.0 Å². The Morgan fingerprint density at radius 2 is 1.52 bits per heavy atom. The van der Waals surface area contributed by atoms with Gasteiger partial charge in [0.05, 0.1) is 27.0 Å². The Morgan fingerprint density at radius 3 is 2.18 bits per heavy atom. The molecule has 9 heteroatoms. The summed E-state index contributed by atoms with van der Waals surface area (Å²) in [6.45, 7) is 1.75. The van der Waals surface area contributed by atoms with E-state index in [2.05, 4.69) is 10.2 Å². The second-order valence-electron chi connectivity index (χ2n) is 7.55. The van der Waals surface area contributed by atoms with Gasteiger partial charge in [-0.1, -0.05) is 12.1 Å². The zero-order valence-electron chi connectivity index (χ0n) is 18.8. The Kier molecular flexibility index (Phi) is 6.48. The molecule has 0 radical (unpaired) electrons. The second kappa shape index (κ2) is 9.64. The number of ether oxygens (including phenoxy) is 3. The predicted molar refractivity (Wildman–Crippen MR) is 122 cm³/mol. The lowest BCUT2D eigenvalue weighted by atomic mass is 10.1. The average molecular weight is 450 g/mol. The maximum absolute atomic E-state index is 13.0. The number of carbonyl (C=O) groups is 2. The Labute approximate surface area is 191 Å². The first-order valence-electron chi connectivity index (χ1n) is 10.5. The normalized spacial score (nSPS) is 13.5. The van der Waals surface area contributed by atoms with Crippen LogP contribution in [0.2, 0.25) is 0 Å². The van der Waals surface area contributed by atoms with Gasteiger partial charge in [0.25, 0.3) is 11.8 Å². The van der Waals surface area contributed by atoms with Crippen molar-refractivity contribution < 1.29 is 23.8 Å². The molecule has 0 aliphatic carbocycles. The van der Waals surface area contributed by atoms with Gasteiger partial charge in [-0.05, 0) is 36.4 Å². The third kappa shape index (κ3) is 4.62. The molecule has 33 heavy (non-hydrogen) atoms. The van der Waals surface area contributed by atoms with E-state index in [0.717, 1.165) is 11.3 Å². The van der Waals surface area contributed by atoms with E-state index in [1.807, 2.05) is 24.3 Å².